The van der Waals surface area contributed by atoms with Crippen molar-refractivity contribution in [1.82, 2.24) is 5.32 Å². The minimum absolute atomic E-state index is 0.158. The van der Waals surface area contributed by atoms with Gasteiger partial charge in [-0.3, -0.25) is 0 Å². The van der Waals surface area contributed by atoms with Crippen LogP contribution in [0.4, 0.5) is 4.39 Å². The van der Waals surface area contributed by atoms with E-state index in [1.165, 1.54) is 6.92 Å². The first-order valence-corrected chi connectivity index (χ1v) is 4.71. The van der Waals surface area contributed by atoms with Gasteiger partial charge >= 0.3 is 0 Å². The lowest BCUT2D eigenvalue weighted by Gasteiger charge is -2.10. The molecule has 0 aliphatic heterocycles. The number of hydrogen-bond donors (Lipinski definition) is 2. The molecule has 0 saturated heterocycles. The van der Waals surface area contributed by atoms with Crippen molar-refractivity contribution in [2.45, 2.75) is 26.7 Å². The highest BCUT2D eigenvalue weighted by Gasteiger charge is 2.04. The summed E-state index contributed by atoms with van der Waals surface area (Å²) < 4.78 is 12.6. The molecule has 0 aromatic heterocycles. The number of rotatable bonds is 5. The monoisotopic (exact) mass is 191 g/mol. The summed E-state index contributed by atoms with van der Waals surface area (Å²) in [5, 5.41) is 3.07. The summed E-state index contributed by atoms with van der Waals surface area (Å²) in [6.07, 6.45) is 1.81. The number of nitrogens with one attached hydrogen (secondary N) is 1. The maximum atomic E-state index is 12.6. The number of hydrogen-bond acceptors (Lipinski definition) is 2. The first-order chi connectivity index (χ1) is 5.57. The standard InChI is InChI=1S/C9H18FNS/c1-7(4-5-11-3)6-9(12)8(2)10/h7,11-12H,4-6H2,1-3H3/b9-8-. The van der Waals surface area contributed by atoms with E-state index >= 15 is 0 Å². The molecule has 1 N–H and O–H groups in total. The van der Waals surface area contributed by atoms with Crippen LogP contribution in [-0.4, -0.2) is 13.6 Å². The van der Waals surface area contributed by atoms with Crippen LogP contribution in [0.3, 0.4) is 0 Å². The average Bonchev–Trinajstić information content (AvgIpc) is 2.00. The van der Waals surface area contributed by atoms with Crippen molar-refractivity contribution in [3.05, 3.63) is 10.7 Å². The molecule has 0 aliphatic carbocycles. The van der Waals surface area contributed by atoms with Gasteiger partial charge in [0.1, 0.15) is 5.83 Å². The molecule has 1 atom stereocenters. The second-order valence-electron chi connectivity index (χ2n) is 3.18. The highest BCUT2D eigenvalue weighted by Crippen LogP contribution is 2.20. The number of halogens is 1. The Balaban J connectivity index is 3.69. The van der Waals surface area contributed by atoms with Crippen LogP contribution in [0.2, 0.25) is 0 Å². The molecule has 3 heteroatoms. The van der Waals surface area contributed by atoms with E-state index in [0.717, 1.165) is 19.4 Å². The summed E-state index contributed by atoms with van der Waals surface area (Å²) in [5.41, 5.74) is 0. The summed E-state index contributed by atoms with van der Waals surface area (Å²) in [6.45, 7) is 4.54. The van der Waals surface area contributed by atoms with Gasteiger partial charge in [-0.25, -0.2) is 4.39 Å². The second kappa shape index (κ2) is 6.49. The van der Waals surface area contributed by atoms with Gasteiger partial charge in [0.15, 0.2) is 0 Å². The van der Waals surface area contributed by atoms with Gasteiger partial charge in [-0.15, -0.1) is 12.6 Å². The molecular weight excluding hydrogens is 173 g/mol. The molecule has 0 saturated carbocycles. The largest absolute Gasteiger partial charge is 0.320 e. The molecule has 0 radical (unpaired) electrons. The molecular formula is C9H18FNS. The molecule has 0 bridgehead atoms. The van der Waals surface area contributed by atoms with Crippen LogP contribution < -0.4 is 5.32 Å². The van der Waals surface area contributed by atoms with Crippen LogP contribution in [0.1, 0.15) is 26.7 Å². The topological polar surface area (TPSA) is 12.0 Å². The zero-order valence-electron chi connectivity index (χ0n) is 8.02. The normalized spacial score (nSPS) is 15.8. The van der Waals surface area contributed by atoms with Crippen LogP contribution in [0.15, 0.2) is 10.7 Å². The van der Waals surface area contributed by atoms with E-state index in [0.29, 0.717) is 10.8 Å². The van der Waals surface area contributed by atoms with Crippen molar-refractivity contribution in [3.63, 3.8) is 0 Å². The lowest BCUT2D eigenvalue weighted by molar-refractivity contribution is 0.511. The van der Waals surface area contributed by atoms with E-state index < -0.39 is 0 Å². The molecule has 0 aliphatic rings. The third-order valence-electron chi connectivity index (χ3n) is 1.83. The van der Waals surface area contributed by atoms with Crippen molar-refractivity contribution in [3.8, 4) is 0 Å². The quantitative estimate of drug-likeness (QED) is 0.637. The maximum Gasteiger partial charge on any atom is 0.106 e. The Morgan fingerprint density at radius 1 is 1.58 bits per heavy atom. The van der Waals surface area contributed by atoms with E-state index in [4.69, 9.17) is 0 Å². The first-order valence-electron chi connectivity index (χ1n) is 4.26. The van der Waals surface area contributed by atoms with E-state index in [2.05, 4.69) is 24.9 Å². The molecule has 0 aromatic rings. The van der Waals surface area contributed by atoms with Crippen LogP contribution in [-0.2, 0) is 0 Å². The highest BCUT2D eigenvalue weighted by molar-refractivity contribution is 7.84. The van der Waals surface area contributed by atoms with Gasteiger partial charge in [0, 0.05) is 4.91 Å². The van der Waals surface area contributed by atoms with E-state index in [-0.39, 0.29) is 5.83 Å². The van der Waals surface area contributed by atoms with Gasteiger partial charge in [-0.2, -0.15) is 0 Å². The second-order valence-corrected chi connectivity index (χ2v) is 3.72. The Bertz CT molecular complexity index is 153. The summed E-state index contributed by atoms with van der Waals surface area (Å²) in [5.74, 6) is 0.338. The smallest absolute Gasteiger partial charge is 0.106 e. The molecule has 12 heavy (non-hydrogen) atoms. The zero-order chi connectivity index (χ0) is 9.56. The molecule has 0 fully saturated rings. The summed E-state index contributed by atoms with van der Waals surface area (Å²) in [7, 11) is 1.92. The lowest BCUT2D eigenvalue weighted by atomic mass is 10.0. The van der Waals surface area contributed by atoms with Crippen LogP contribution in [0, 0.1) is 5.92 Å². The Hall–Kier alpha value is -0.0200. The van der Waals surface area contributed by atoms with Gasteiger partial charge in [-0.05, 0) is 39.3 Å². The summed E-state index contributed by atoms with van der Waals surface area (Å²) in [4.78, 5) is 0.582. The summed E-state index contributed by atoms with van der Waals surface area (Å²) >= 11 is 4.07. The van der Waals surface area contributed by atoms with Crippen molar-refractivity contribution in [2.75, 3.05) is 13.6 Å². The van der Waals surface area contributed by atoms with Gasteiger partial charge in [-0.1, -0.05) is 6.92 Å². The van der Waals surface area contributed by atoms with Crippen LogP contribution >= 0.6 is 12.6 Å². The molecule has 72 valence electrons. The fourth-order valence-electron chi connectivity index (χ4n) is 0.964. The molecule has 0 spiro atoms. The molecule has 1 nitrogen and oxygen atoms in total. The Morgan fingerprint density at radius 2 is 2.17 bits per heavy atom. The van der Waals surface area contributed by atoms with Crippen molar-refractivity contribution in [2.24, 2.45) is 5.92 Å². The maximum absolute atomic E-state index is 12.6. The molecule has 0 heterocycles. The molecule has 1 unspecified atom stereocenters. The van der Waals surface area contributed by atoms with Crippen molar-refractivity contribution in [1.29, 1.82) is 0 Å². The van der Waals surface area contributed by atoms with Crippen LogP contribution in [0.25, 0.3) is 0 Å². The first kappa shape index (κ1) is 12.0. The molecule has 0 rings (SSSR count). The van der Waals surface area contributed by atoms with E-state index in [9.17, 15) is 4.39 Å². The van der Waals surface area contributed by atoms with Gasteiger partial charge in [0.05, 0.1) is 0 Å². The number of thiol groups is 1. The lowest BCUT2D eigenvalue weighted by Crippen LogP contribution is -2.11. The third kappa shape index (κ3) is 5.61. The Labute approximate surface area is 79.8 Å². The van der Waals surface area contributed by atoms with E-state index in [1.54, 1.807) is 0 Å². The number of allylic oxidation sites excluding steroid dienone is 2. The van der Waals surface area contributed by atoms with Crippen molar-refractivity contribution >= 4 is 12.6 Å². The SMILES string of the molecule is CNCCC(C)C/C(S)=C(\C)F. The zero-order valence-corrected chi connectivity index (χ0v) is 8.92. The van der Waals surface area contributed by atoms with Gasteiger partial charge < -0.3 is 5.32 Å². The van der Waals surface area contributed by atoms with Crippen molar-refractivity contribution < 1.29 is 4.39 Å². The predicted octanol–water partition coefficient (Wildman–Crippen LogP) is 2.75. The minimum Gasteiger partial charge on any atom is -0.320 e. The Kier molecular flexibility index (Phi) is 6.48. The summed E-state index contributed by atoms with van der Waals surface area (Å²) in [6, 6.07) is 0. The third-order valence-corrected chi connectivity index (χ3v) is 2.32. The van der Waals surface area contributed by atoms with Crippen LogP contribution in [0.5, 0.6) is 0 Å². The minimum atomic E-state index is -0.158. The molecule has 0 amide bonds. The average molecular weight is 191 g/mol. The van der Waals surface area contributed by atoms with E-state index in [1.807, 2.05) is 7.05 Å². The highest BCUT2D eigenvalue weighted by atomic mass is 32.1. The predicted molar refractivity (Wildman–Crippen MR) is 55.1 cm³/mol. The fourth-order valence-corrected chi connectivity index (χ4v) is 1.28. The van der Waals surface area contributed by atoms with Gasteiger partial charge in [0.2, 0.25) is 0 Å². The molecule has 0 aromatic carbocycles. The fraction of sp³-hybridized carbons (Fsp3) is 0.778. The van der Waals surface area contributed by atoms with Gasteiger partial charge in [0.25, 0.3) is 0 Å². The Morgan fingerprint density at radius 3 is 2.58 bits per heavy atom.